The lowest BCUT2D eigenvalue weighted by atomic mass is 9.83. The molecule has 0 saturated heterocycles. The van der Waals surface area contributed by atoms with Gasteiger partial charge in [-0.15, -0.1) is 0 Å². The summed E-state index contributed by atoms with van der Waals surface area (Å²) in [5.41, 5.74) is 7.42. The number of allylic oxidation sites excluding steroid dienone is 1. The van der Waals surface area contributed by atoms with E-state index in [4.69, 9.17) is 14.5 Å². The fraction of sp³-hybridized carbons (Fsp3) is 0.128. The normalized spacial score (nSPS) is 15.7. The van der Waals surface area contributed by atoms with Crippen molar-refractivity contribution >= 4 is 33.9 Å². The van der Waals surface area contributed by atoms with Gasteiger partial charge in [-0.05, 0) is 58.5 Å². The second-order valence-corrected chi connectivity index (χ2v) is 12.3. The van der Waals surface area contributed by atoms with Crippen LogP contribution in [0.4, 0.5) is 0 Å². The van der Waals surface area contributed by atoms with Crippen LogP contribution in [0.15, 0.2) is 131 Å². The van der Waals surface area contributed by atoms with Gasteiger partial charge in [-0.25, -0.2) is 4.99 Å². The van der Waals surface area contributed by atoms with Crippen LogP contribution in [0.2, 0.25) is 0 Å². The van der Waals surface area contributed by atoms with Crippen LogP contribution in [0.5, 0.6) is 11.5 Å². The number of nitrogens with zero attached hydrogens (tertiary/aromatic N) is 2. The minimum atomic E-state index is -0.305. The SMILES string of the molecule is COc1ccccc1[C@H]1C2=C(N=c3s/c(=C\c4ccccc4OCc4cccc5ccccc45)c(=O)n31)c1ccccc1CC2. The summed E-state index contributed by atoms with van der Waals surface area (Å²) in [7, 11) is 1.68. The number of hydrogen-bond donors (Lipinski definition) is 0. The Kier molecular flexibility index (Phi) is 6.92. The van der Waals surface area contributed by atoms with Crippen molar-refractivity contribution in [1.29, 1.82) is 0 Å². The zero-order valence-corrected chi connectivity index (χ0v) is 25.6. The molecule has 220 valence electrons. The van der Waals surface area contributed by atoms with Crippen LogP contribution in [-0.2, 0) is 13.0 Å². The van der Waals surface area contributed by atoms with E-state index in [9.17, 15) is 4.79 Å². The van der Waals surface area contributed by atoms with E-state index in [1.807, 2.05) is 65.2 Å². The quantitative estimate of drug-likeness (QED) is 0.204. The van der Waals surface area contributed by atoms with E-state index in [0.717, 1.165) is 57.9 Å². The van der Waals surface area contributed by atoms with Gasteiger partial charge in [-0.2, -0.15) is 0 Å². The van der Waals surface area contributed by atoms with Crippen molar-refractivity contribution in [2.75, 3.05) is 7.11 Å². The highest BCUT2D eigenvalue weighted by atomic mass is 32.1. The van der Waals surface area contributed by atoms with Crippen molar-refractivity contribution < 1.29 is 9.47 Å². The number of ether oxygens (including phenoxy) is 2. The number of fused-ring (bicyclic) bond motifs is 4. The van der Waals surface area contributed by atoms with Crippen molar-refractivity contribution in [3.8, 4) is 11.5 Å². The summed E-state index contributed by atoms with van der Waals surface area (Å²) in [5, 5.41) is 2.36. The first kappa shape index (κ1) is 27.4. The van der Waals surface area contributed by atoms with Crippen molar-refractivity contribution in [3.05, 3.63) is 168 Å². The molecule has 2 heterocycles. The molecule has 5 nitrogen and oxygen atoms in total. The molecule has 0 fully saturated rings. The highest BCUT2D eigenvalue weighted by Crippen LogP contribution is 2.43. The smallest absolute Gasteiger partial charge is 0.271 e. The summed E-state index contributed by atoms with van der Waals surface area (Å²) >= 11 is 1.42. The summed E-state index contributed by atoms with van der Waals surface area (Å²) in [6.45, 7) is 0.424. The van der Waals surface area contributed by atoms with Gasteiger partial charge >= 0.3 is 0 Å². The van der Waals surface area contributed by atoms with Gasteiger partial charge in [0.05, 0.1) is 23.4 Å². The average Bonchev–Trinajstić information content (AvgIpc) is 3.40. The summed E-state index contributed by atoms with van der Waals surface area (Å²) in [5.74, 6) is 1.49. The Morgan fingerprint density at radius 3 is 2.51 bits per heavy atom. The van der Waals surface area contributed by atoms with Crippen LogP contribution in [-0.4, -0.2) is 11.7 Å². The third-order valence-electron chi connectivity index (χ3n) is 8.78. The Bertz CT molecular complexity index is 2310. The van der Waals surface area contributed by atoms with Crippen molar-refractivity contribution in [3.63, 3.8) is 0 Å². The molecule has 6 aromatic rings. The Labute approximate surface area is 264 Å². The number of aromatic nitrogens is 1. The van der Waals surface area contributed by atoms with E-state index < -0.39 is 0 Å². The maximum absolute atomic E-state index is 14.3. The first-order valence-electron chi connectivity index (χ1n) is 15.1. The number of aryl methyl sites for hydroxylation is 1. The van der Waals surface area contributed by atoms with E-state index >= 15 is 0 Å². The van der Waals surface area contributed by atoms with Crippen LogP contribution >= 0.6 is 11.3 Å². The molecule has 0 saturated carbocycles. The fourth-order valence-electron chi connectivity index (χ4n) is 6.64. The first-order chi connectivity index (χ1) is 22.2. The molecule has 2 aliphatic rings. The van der Waals surface area contributed by atoms with Gasteiger partial charge in [-0.1, -0.05) is 114 Å². The lowest BCUT2D eigenvalue weighted by Crippen LogP contribution is -2.39. The van der Waals surface area contributed by atoms with E-state index in [-0.39, 0.29) is 11.6 Å². The van der Waals surface area contributed by atoms with Gasteiger partial charge < -0.3 is 9.47 Å². The molecule has 0 unspecified atom stereocenters. The molecule has 5 aromatic carbocycles. The summed E-state index contributed by atoms with van der Waals surface area (Å²) in [4.78, 5) is 20.2. The van der Waals surface area contributed by atoms with E-state index in [1.54, 1.807) is 7.11 Å². The molecule has 1 atom stereocenters. The molecule has 8 rings (SSSR count). The molecular formula is C39H30N2O3S. The van der Waals surface area contributed by atoms with E-state index in [1.165, 1.54) is 27.7 Å². The van der Waals surface area contributed by atoms with Crippen LogP contribution in [0.1, 0.15) is 40.3 Å². The van der Waals surface area contributed by atoms with Gasteiger partial charge in [0.25, 0.3) is 5.56 Å². The van der Waals surface area contributed by atoms with Crippen molar-refractivity contribution in [2.24, 2.45) is 4.99 Å². The molecule has 0 amide bonds. The third-order valence-corrected chi connectivity index (χ3v) is 9.76. The molecule has 0 radical (unpaired) electrons. The van der Waals surface area contributed by atoms with Gasteiger partial charge in [0.2, 0.25) is 0 Å². The van der Waals surface area contributed by atoms with Crippen LogP contribution < -0.4 is 24.4 Å². The largest absolute Gasteiger partial charge is 0.496 e. The van der Waals surface area contributed by atoms with Crippen molar-refractivity contribution in [1.82, 2.24) is 4.57 Å². The van der Waals surface area contributed by atoms with Crippen LogP contribution in [0.3, 0.4) is 0 Å². The average molecular weight is 607 g/mol. The highest BCUT2D eigenvalue weighted by Gasteiger charge is 2.34. The second-order valence-electron chi connectivity index (χ2n) is 11.3. The zero-order valence-electron chi connectivity index (χ0n) is 24.8. The maximum atomic E-state index is 14.3. The Hall–Kier alpha value is -5.20. The number of thiazole rings is 1. The Morgan fingerprint density at radius 2 is 1.60 bits per heavy atom. The standard InChI is InChI=1S/C39H30N2O3S/c1-43-34-20-9-7-18-31(34)37-32-22-21-26-12-3-6-17-30(26)36(32)40-39-41(37)38(42)35(45-39)23-27-13-4-8-19-33(27)44-24-28-15-10-14-25-11-2-5-16-29(25)28/h2-20,23,37H,21-22,24H2,1H3/b35-23-/t37-/m0/s1. The summed E-state index contributed by atoms with van der Waals surface area (Å²) in [6, 6.07) is 38.7. The molecule has 0 spiro atoms. The zero-order chi connectivity index (χ0) is 30.3. The van der Waals surface area contributed by atoms with Gasteiger partial charge in [0, 0.05) is 16.7 Å². The number of para-hydroxylation sites is 2. The fourth-order valence-corrected chi connectivity index (χ4v) is 7.63. The molecular weight excluding hydrogens is 577 g/mol. The predicted molar refractivity (Wildman–Crippen MR) is 180 cm³/mol. The van der Waals surface area contributed by atoms with E-state index in [0.29, 0.717) is 15.9 Å². The van der Waals surface area contributed by atoms with Gasteiger partial charge in [0.1, 0.15) is 18.1 Å². The molecule has 0 bridgehead atoms. The maximum Gasteiger partial charge on any atom is 0.271 e. The van der Waals surface area contributed by atoms with Crippen molar-refractivity contribution in [2.45, 2.75) is 25.5 Å². The molecule has 6 heteroatoms. The number of rotatable bonds is 6. The summed E-state index contributed by atoms with van der Waals surface area (Å²) < 4.78 is 14.7. The number of benzene rings is 5. The first-order valence-corrected chi connectivity index (χ1v) is 16.0. The molecule has 1 aliphatic carbocycles. The monoisotopic (exact) mass is 606 g/mol. The van der Waals surface area contributed by atoms with Gasteiger partial charge in [-0.3, -0.25) is 9.36 Å². The molecule has 1 aliphatic heterocycles. The van der Waals surface area contributed by atoms with Crippen LogP contribution in [0, 0.1) is 0 Å². The third kappa shape index (κ3) is 4.78. The molecule has 1 aromatic heterocycles. The lowest BCUT2D eigenvalue weighted by molar-refractivity contribution is 0.307. The minimum absolute atomic E-state index is 0.0658. The molecule has 0 N–H and O–H groups in total. The van der Waals surface area contributed by atoms with Gasteiger partial charge in [0.15, 0.2) is 4.80 Å². The second kappa shape index (κ2) is 11.4. The predicted octanol–water partition coefficient (Wildman–Crippen LogP) is 7.06. The topological polar surface area (TPSA) is 52.8 Å². The Balaban J connectivity index is 1.25. The lowest BCUT2D eigenvalue weighted by Gasteiger charge is -2.31. The highest BCUT2D eigenvalue weighted by molar-refractivity contribution is 7.07. The van der Waals surface area contributed by atoms with E-state index in [2.05, 4.69) is 60.7 Å². The van der Waals surface area contributed by atoms with Crippen LogP contribution in [0.25, 0.3) is 22.5 Å². The summed E-state index contributed by atoms with van der Waals surface area (Å²) in [6.07, 6.45) is 3.67. The number of methoxy groups -OCH3 is 1. The minimum Gasteiger partial charge on any atom is -0.496 e. The molecule has 45 heavy (non-hydrogen) atoms. The number of hydrogen-bond acceptors (Lipinski definition) is 5. The Morgan fingerprint density at radius 1 is 0.844 bits per heavy atom.